The van der Waals surface area contributed by atoms with E-state index < -0.39 is 16.0 Å². The summed E-state index contributed by atoms with van der Waals surface area (Å²) in [6.45, 7) is 0.752. The van der Waals surface area contributed by atoms with Gasteiger partial charge >= 0.3 is 5.97 Å². The highest BCUT2D eigenvalue weighted by Crippen LogP contribution is 2.24. The van der Waals surface area contributed by atoms with E-state index in [9.17, 15) is 13.2 Å². The van der Waals surface area contributed by atoms with Crippen molar-refractivity contribution in [3.8, 4) is 5.75 Å². The number of ether oxygens (including phenoxy) is 2. The fourth-order valence-corrected chi connectivity index (χ4v) is 4.90. The van der Waals surface area contributed by atoms with Crippen LogP contribution in [0.2, 0.25) is 5.02 Å². The Morgan fingerprint density at radius 3 is 2.39 bits per heavy atom. The smallest absolute Gasteiger partial charge is 0.338 e. The van der Waals surface area contributed by atoms with Gasteiger partial charge in [-0.2, -0.15) is 0 Å². The first-order valence-electron chi connectivity index (χ1n) is 8.95. The third-order valence-electron chi connectivity index (χ3n) is 4.67. The maximum atomic E-state index is 12.8. The lowest BCUT2D eigenvalue weighted by atomic mass is 10.1. The number of methoxy groups -OCH3 is 1. The molecule has 28 heavy (non-hydrogen) atoms. The number of sulfonamides is 1. The van der Waals surface area contributed by atoms with Gasteiger partial charge in [0.05, 0.1) is 18.4 Å². The molecule has 1 saturated heterocycles. The Morgan fingerprint density at radius 1 is 1.11 bits per heavy atom. The van der Waals surface area contributed by atoms with E-state index in [0.717, 1.165) is 5.75 Å². The third kappa shape index (κ3) is 5.04. The molecule has 0 bridgehead atoms. The predicted molar refractivity (Wildman–Crippen MR) is 107 cm³/mol. The second-order valence-corrected chi connectivity index (χ2v) is 8.98. The third-order valence-corrected chi connectivity index (χ3v) is 6.75. The van der Waals surface area contributed by atoms with Crippen LogP contribution in [0.4, 0.5) is 0 Å². The number of halogens is 1. The van der Waals surface area contributed by atoms with Crippen LogP contribution >= 0.6 is 11.6 Å². The Bertz CT molecular complexity index is 922. The van der Waals surface area contributed by atoms with Crippen LogP contribution in [-0.2, 0) is 20.5 Å². The number of piperidine rings is 1. The van der Waals surface area contributed by atoms with E-state index in [4.69, 9.17) is 21.1 Å². The van der Waals surface area contributed by atoms with Crippen molar-refractivity contribution in [1.29, 1.82) is 0 Å². The number of carbonyl (C=O) groups is 1. The van der Waals surface area contributed by atoms with Gasteiger partial charge in [0.1, 0.15) is 11.9 Å². The number of hydrogen-bond donors (Lipinski definition) is 0. The van der Waals surface area contributed by atoms with Crippen molar-refractivity contribution in [3.63, 3.8) is 0 Å². The van der Waals surface area contributed by atoms with Crippen molar-refractivity contribution in [1.82, 2.24) is 4.31 Å². The maximum Gasteiger partial charge on any atom is 0.338 e. The quantitative estimate of drug-likeness (QED) is 0.665. The number of benzene rings is 2. The number of hydrogen-bond acceptors (Lipinski definition) is 5. The van der Waals surface area contributed by atoms with Crippen molar-refractivity contribution in [2.75, 3.05) is 20.2 Å². The highest BCUT2D eigenvalue weighted by Gasteiger charge is 2.30. The molecule has 0 N–H and O–H groups in total. The summed E-state index contributed by atoms with van der Waals surface area (Å²) in [5, 5.41) is 0.639. The molecule has 2 aromatic rings. The molecule has 1 fully saturated rings. The molecule has 1 heterocycles. The molecular formula is C20H22ClNO5S. The van der Waals surface area contributed by atoms with E-state index in [-0.39, 0.29) is 17.4 Å². The summed E-state index contributed by atoms with van der Waals surface area (Å²) in [6.07, 6.45) is 1.15. The van der Waals surface area contributed by atoms with Gasteiger partial charge in [0.15, 0.2) is 0 Å². The van der Waals surface area contributed by atoms with Gasteiger partial charge in [-0.15, -0.1) is 0 Å². The zero-order valence-corrected chi connectivity index (χ0v) is 17.1. The summed E-state index contributed by atoms with van der Waals surface area (Å²) < 4.78 is 37.8. The first-order valence-corrected chi connectivity index (χ1v) is 10.9. The fraction of sp³-hybridized carbons (Fsp3) is 0.350. The molecule has 2 aromatic carbocycles. The summed E-state index contributed by atoms with van der Waals surface area (Å²) in [4.78, 5) is 11.9. The Balaban J connectivity index is 1.62. The van der Waals surface area contributed by atoms with Gasteiger partial charge in [0.2, 0.25) is 10.0 Å². The molecule has 0 amide bonds. The van der Waals surface area contributed by atoms with Gasteiger partial charge in [0, 0.05) is 18.1 Å². The summed E-state index contributed by atoms with van der Waals surface area (Å²) in [5.74, 6) is -0.0559. The molecule has 0 unspecified atom stereocenters. The lowest BCUT2D eigenvalue weighted by Crippen LogP contribution is -2.42. The van der Waals surface area contributed by atoms with Crippen molar-refractivity contribution in [2.45, 2.75) is 24.7 Å². The van der Waals surface area contributed by atoms with Crippen LogP contribution in [0.1, 0.15) is 28.8 Å². The van der Waals surface area contributed by atoms with Crippen molar-refractivity contribution < 1.29 is 22.7 Å². The fourth-order valence-electron chi connectivity index (χ4n) is 3.18. The van der Waals surface area contributed by atoms with Gasteiger partial charge in [-0.3, -0.25) is 0 Å². The summed E-state index contributed by atoms with van der Waals surface area (Å²) in [6, 6.07) is 13.7. The lowest BCUT2D eigenvalue weighted by molar-refractivity contribution is 0.0600. The normalized spacial score (nSPS) is 15.9. The van der Waals surface area contributed by atoms with Crippen molar-refractivity contribution in [3.05, 3.63) is 64.7 Å². The zero-order valence-electron chi connectivity index (χ0n) is 15.5. The molecule has 150 valence electrons. The first kappa shape index (κ1) is 20.6. The van der Waals surface area contributed by atoms with E-state index in [1.54, 1.807) is 48.5 Å². The number of nitrogens with zero attached hydrogens (tertiary/aromatic N) is 1. The van der Waals surface area contributed by atoms with E-state index >= 15 is 0 Å². The van der Waals surface area contributed by atoms with E-state index in [1.165, 1.54) is 11.4 Å². The Kier molecular flexibility index (Phi) is 6.59. The SMILES string of the molecule is COC(=O)c1ccccc1CS(=O)(=O)N1CCC(Oc2ccc(Cl)cc2)CC1. The van der Waals surface area contributed by atoms with Crippen molar-refractivity contribution in [2.24, 2.45) is 0 Å². The molecular weight excluding hydrogens is 402 g/mol. The van der Waals surface area contributed by atoms with Crippen LogP contribution < -0.4 is 4.74 Å². The minimum Gasteiger partial charge on any atom is -0.490 e. The predicted octanol–water partition coefficient (Wildman–Crippen LogP) is 3.50. The van der Waals surface area contributed by atoms with Crippen LogP contribution in [0, 0.1) is 0 Å². The molecule has 0 aromatic heterocycles. The lowest BCUT2D eigenvalue weighted by Gasteiger charge is -2.31. The molecule has 8 heteroatoms. The average Bonchev–Trinajstić information content (AvgIpc) is 2.70. The number of esters is 1. The summed E-state index contributed by atoms with van der Waals surface area (Å²) in [7, 11) is -2.27. The molecule has 3 rings (SSSR count). The molecule has 0 aliphatic carbocycles. The minimum absolute atomic E-state index is 0.0463. The zero-order chi connectivity index (χ0) is 20.1. The van der Waals surface area contributed by atoms with Gasteiger partial charge in [-0.1, -0.05) is 29.8 Å². The van der Waals surface area contributed by atoms with Crippen LogP contribution in [0.3, 0.4) is 0 Å². The Hall–Kier alpha value is -2.09. The highest BCUT2D eigenvalue weighted by molar-refractivity contribution is 7.88. The molecule has 6 nitrogen and oxygen atoms in total. The largest absolute Gasteiger partial charge is 0.490 e. The molecule has 1 aliphatic rings. The van der Waals surface area contributed by atoms with Gasteiger partial charge in [-0.25, -0.2) is 17.5 Å². The Labute approximate surface area is 170 Å². The Morgan fingerprint density at radius 2 is 1.75 bits per heavy atom. The van der Waals surface area contributed by atoms with Crippen LogP contribution in [0.15, 0.2) is 48.5 Å². The van der Waals surface area contributed by atoms with Crippen LogP contribution in [0.25, 0.3) is 0 Å². The standard InChI is InChI=1S/C20H22ClNO5S/c1-26-20(23)19-5-3-2-4-15(19)14-28(24,25)22-12-10-18(11-13-22)27-17-8-6-16(21)7-9-17/h2-9,18H,10-14H2,1H3. The van der Waals surface area contributed by atoms with Crippen LogP contribution in [0.5, 0.6) is 5.75 Å². The summed E-state index contributed by atoms with van der Waals surface area (Å²) >= 11 is 5.87. The maximum absolute atomic E-state index is 12.8. The molecule has 1 aliphatic heterocycles. The summed E-state index contributed by atoms with van der Waals surface area (Å²) in [5.41, 5.74) is 0.712. The second kappa shape index (κ2) is 8.94. The average molecular weight is 424 g/mol. The minimum atomic E-state index is -3.55. The molecule has 0 radical (unpaired) electrons. The van der Waals surface area contributed by atoms with E-state index in [0.29, 0.717) is 36.5 Å². The number of rotatable bonds is 6. The molecule has 0 saturated carbocycles. The highest BCUT2D eigenvalue weighted by atomic mass is 35.5. The van der Waals surface area contributed by atoms with Crippen molar-refractivity contribution >= 4 is 27.6 Å². The van der Waals surface area contributed by atoms with E-state index in [1.807, 2.05) is 0 Å². The number of carbonyl (C=O) groups excluding carboxylic acids is 1. The monoisotopic (exact) mass is 423 g/mol. The van der Waals surface area contributed by atoms with Gasteiger partial charge in [0.25, 0.3) is 0 Å². The first-order chi connectivity index (χ1) is 13.4. The van der Waals surface area contributed by atoms with Gasteiger partial charge < -0.3 is 9.47 Å². The molecule has 0 spiro atoms. The molecule has 0 atom stereocenters. The van der Waals surface area contributed by atoms with Crippen LogP contribution in [-0.4, -0.2) is 45.0 Å². The topological polar surface area (TPSA) is 72.9 Å². The second-order valence-electron chi connectivity index (χ2n) is 6.58. The van der Waals surface area contributed by atoms with E-state index in [2.05, 4.69) is 0 Å². The van der Waals surface area contributed by atoms with Gasteiger partial charge in [-0.05, 0) is 48.7 Å².